The Balaban J connectivity index is 3.00. The highest BCUT2D eigenvalue weighted by Gasteiger charge is 2.20. The number of sulfonamides is 1. The zero-order valence-corrected chi connectivity index (χ0v) is 14.4. The van der Waals surface area contributed by atoms with Crippen molar-refractivity contribution in [2.75, 3.05) is 12.8 Å². The summed E-state index contributed by atoms with van der Waals surface area (Å²) in [6.45, 7) is 6.57. The molecule has 0 aliphatic rings. The SMILES string of the molecule is CSC(C)CNS(=O)(=O)c1cc(F)ccc1CNC(C)C. The predicted octanol–water partition coefficient (Wildman–Crippen LogP) is 2.35. The van der Waals surface area contributed by atoms with Crippen molar-refractivity contribution in [3.63, 3.8) is 0 Å². The lowest BCUT2D eigenvalue weighted by molar-refractivity contribution is 0.562. The van der Waals surface area contributed by atoms with Crippen LogP contribution in [0.3, 0.4) is 0 Å². The molecule has 0 fully saturated rings. The van der Waals surface area contributed by atoms with Crippen molar-refractivity contribution in [3.8, 4) is 0 Å². The molecule has 120 valence electrons. The van der Waals surface area contributed by atoms with Gasteiger partial charge >= 0.3 is 0 Å². The summed E-state index contributed by atoms with van der Waals surface area (Å²) in [7, 11) is -3.71. The van der Waals surface area contributed by atoms with E-state index in [0.29, 0.717) is 18.7 Å². The molecule has 0 radical (unpaired) electrons. The molecule has 1 rings (SSSR count). The van der Waals surface area contributed by atoms with E-state index in [1.54, 1.807) is 11.8 Å². The first kappa shape index (κ1) is 18.4. The van der Waals surface area contributed by atoms with Gasteiger partial charge in [-0.1, -0.05) is 26.8 Å². The number of thioether (sulfide) groups is 1. The van der Waals surface area contributed by atoms with Crippen molar-refractivity contribution in [1.82, 2.24) is 10.0 Å². The van der Waals surface area contributed by atoms with Gasteiger partial charge in [0.15, 0.2) is 0 Å². The quantitative estimate of drug-likeness (QED) is 0.766. The van der Waals surface area contributed by atoms with E-state index in [1.807, 2.05) is 27.0 Å². The normalized spacial score (nSPS) is 13.6. The molecule has 0 spiro atoms. The van der Waals surface area contributed by atoms with E-state index in [9.17, 15) is 12.8 Å². The third-order valence-corrected chi connectivity index (χ3v) is 5.46. The average molecular weight is 334 g/mol. The lowest BCUT2D eigenvalue weighted by Gasteiger charge is -2.15. The molecular weight excluding hydrogens is 311 g/mol. The largest absolute Gasteiger partial charge is 0.310 e. The highest BCUT2D eigenvalue weighted by molar-refractivity contribution is 7.99. The fraction of sp³-hybridized carbons (Fsp3) is 0.571. The number of hydrogen-bond donors (Lipinski definition) is 2. The summed E-state index contributed by atoms with van der Waals surface area (Å²) in [5.74, 6) is -0.554. The van der Waals surface area contributed by atoms with Crippen molar-refractivity contribution in [3.05, 3.63) is 29.6 Å². The van der Waals surface area contributed by atoms with Crippen LogP contribution in [0.1, 0.15) is 26.3 Å². The summed E-state index contributed by atoms with van der Waals surface area (Å²) in [5.41, 5.74) is 0.564. The van der Waals surface area contributed by atoms with Crippen molar-refractivity contribution in [2.45, 2.75) is 43.5 Å². The Hall–Kier alpha value is -0.630. The lowest BCUT2D eigenvalue weighted by atomic mass is 10.2. The highest BCUT2D eigenvalue weighted by atomic mass is 32.2. The molecule has 0 saturated heterocycles. The second-order valence-corrected chi connectivity index (χ2v) is 8.20. The molecule has 1 unspecified atom stereocenters. The summed E-state index contributed by atoms with van der Waals surface area (Å²) in [6, 6.07) is 4.08. The van der Waals surface area contributed by atoms with Crippen LogP contribution < -0.4 is 10.0 Å². The minimum atomic E-state index is -3.71. The summed E-state index contributed by atoms with van der Waals surface area (Å²) < 4.78 is 40.7. The molecule has 1 aromatic carbocycles. The van der Waals surface area contributed by atoms with Gasteiger partial charge in [-0.05, 0) is 24.0 Å². The van der Waals surface area contributed by atoms with E-state index in [1.165, 1.54) is 12.1 Å². The topological polar surface area (TPSA) is 58.2 Å². The maximum Gasteiger partial charge on any atom is 0.241 e. The Morgan fingerprint density at radius 3 is 2.52 bits per heavy atom. The monoisotopic (exact) mass is 334 g/mol. The van der Waals surface area contributed by atoms with Gasteiger partial charge in [-0.3, -0.25) is 0 Å². The molecular formula is C14H23FN2O2S2. The van der Waals surface area contributed by atoms with Crippen LogP contribution >= 0.6 is 11.8 Å². The minimum absolute atomic E-state index is 0.00366. The number of benzene rings is 1. The first-order valence-corrected chi connectivity index (χ1v) is 9.57. The van der Waals surface area contributed by atoms with Gasteiger partial charge < -0.3 is 5.32 Å². The summed E-state index contributed by atoms with van der Waals surface area (Å²) in [4.78, 5) is 0.00366. The van der Waals surface area contributed by atoms with Crippen LogP contribution in [0, 0.1) is 5.82 Å². The van der Waals surface area contributed by atoms with Gasteiger partial charge in [0.25, 0.3) is 0 Å². The van der Waals surface area contributed by atoms with Crippen LogP contribution in [0.4, 0.5) is 4.39 Å². The fourth-order valence-corrected chi connectivity index (χ4v) is 3.36. The van der Waals surface area contributed by atoms with Gasteiger partial charge in [0.2, 0.25) is 10.0 Å². The molecule has 0 amide bonds. The maximum absolute atomic E-state index is 13.4. The summed E-state index contributed by atoms with van der Waals surface area (Å²) >= 11 is 1.57. The Kier molecular flexibility index (Phi) is 7.12. The van der Waals surface area contributed by atoms with E-state index >= 15 is 0 Å². The number of nitrogens with one attached hydrogen (secondary N) is 2. The third-order valence-electron chi connectivity index (χ3n) is 2.98. The van der Waals surface area contributed by atoms with E-state index in [2.05, 4.69) is 10.0 Å². The van der Waals surface area contributed by atoms with Crippen LogP contribution in [-0.2, 0) is 16.6 Å². The van der Waals surface area contributed by atoms with Gasteiger partial charge in [0.1, 0.15) is 5.82 Å². The first-order valence-electron chi connectivity index (χ1n) is 6.80. The maximum atomic E-state index is 13.4. The van der Waals surface area contributed by atoms with E-state index in [-0.39, 0.29) is 16.2 Å². The lowest BCUT2D eigenvalue weighted by Crippen LogP contribution is -2.31. The van der Waals surface area contributed by atoms with E-state index in [0.717, 1.165) is 6.07 Å². The van der Waals surface area contributed by atoms with Crippen LogP contribution in [0.5, 0.6) is 0 Å². The molecule has 7 heteroatoms. The number of hydrogen-bond acceptors (Lipinski definition) is 4. The Bertz CT molecular complexity index is 562. The Morgan fingerprint density at radius 2 is 1.95 bits per heavy atom. The molecule has 1 atom stereocenters. The minimum Gasteiger partial charge on any atom is -0.310 e. The van der Waals surface area contributed by atoms with E-state index in [4.69, 9.17) is 0 Å². The van der Waals surface area contributed by atoms with Gasteiger partial charge in [-0.2, -0.15) is 11.8 Å². The second-order valence-electron chi connectivity index (χ2n) is 5.19. The van der Waals surface area contributed by atoms with Crippen molar-refractivity contribution >= 4 is 21.8 Å². The molecule has 1 aromatic rings. The third kappa shape index (κ3) is 5.94. The van der Waals surface area contributed by atoms with Crippen LogP contribution in [0.2, 0.25) is 0 Å². The number of rotatable bonds is 8. The molecule has 0 saturated carbocycles. The van der Waals surface area contributed by atoms with Crippen LogP contribution in [-0.4, -0.2) is 32.5 Å². The van der Waals surface area contributed by atoms with Crippen molar-refractivity contribution < 1.29 is 12.8 Å². The van der Waals surface area contributed by atoms with Crippen LogP contribution in [0.15, 0.2) is 23.1 Å². The zero-order chi connectivity index (χ0) is 16.0. The van der Waals surface area contributed by atoms with Crippen molar-refractivity contribution in [2.24, 2.45) is 0 Å². The summed E-state index contributed by atoms with van der Waals surface area (Å²) in [6.07, 6.45) is 1.92. The predicted molar refractivity (Wildman–Crippen MR) is 86.5 cm³/mol. The molecule has 4 nitrogen and oxygen atoms in total. The molecule has 0 aliphatic heterocycles. The van der Waals surface area contributed by atoms with Crippen LogP contribution in [0.25, 0.3) is 0 Å². The molecule has 0 aliphatic carbocycles. The summed E-state index contributed by atoms with van der Waals surface area (Å²) in [5, 5.41) is 3.31. The average Bonchev–Trinajstić information content (AvgIpc) is 2.43. The van der Waals surface area contributed by atoms with Crippen molar-refractivity contribution in [1.29, 1.82) is 0 Å². The standard InChI is InChI=1S/C14H23FN2O2S2/c1-10(2)16-9-12-5-6-13(15)7-14(12)21(18,19)17-8-11(3)20-4/h5-7,10-11,16-17H,8-9H2,1-4H3. The molecule has 0 heterocycles. The van der Waals surface area contributed by atoms with Gasteiger partial charge in [-0.25, -0.2) is 17.5 Å². The van der Waals surface area contributed by atoms with Gasteiger partial charge in [0.05, 0.1) is 4.90 Å². The zero-order valence-electron chi connectivity index (χ0n) is 12.8. The molecule has 0 aromatic heterocycles. The fourth-order valence-electron chi connectivity index (χ4n) is 1.63. The molecule has 0 bridgehead atoms. The second kappa shape index (κ2) is 8.12. The van der Waals surface area contributed by atoms with E-state index < -0.39 is 15.8 Å². The Labute approximate surface area is 131 Å². The van der Waals surface area contributed by atoms with Gasteiger partial charge in [0, 0.05) is 24.4 Å². The highest BCUT2D eigenvalue weighted by Crippen LogP contribution is 2.18. The Morgan fingerprint density at radius 1 is 1.29 bits per heavy atom. The van der Waals surface area contributed by atoms with Gasteiger partial charge in [-0.15, -0.1) is 0 Å². The number of halogens is 1. The smallest absolute Gasteiger partial charge is 0.241 e. The first-order chi connectivity index (χ1) is 9.76. The molecule has 2 N–H and O–H groups in total. The molecule has 21 heavy (non-hydrogen) atoms.